The first-order chi connectivity index (χ1) is 13.8. The summed E-state index contributed by atoms with van der Waals surface area (Å²) < 4.78 is 0. The van der Waals surface area contributed by atoms with Gasteiger partial charge in [0, 0.05) is 11.4 Å². The smallest absolute Gasteiger partial charge is 0.335 e. The second-order valence-electron chi connectivity index (χ2n) is 6.49. The standard InChI is InChI=1S/C21H19N3O5/c1-3-16(22-14-6-4-5-13(11-14)20(27)28)17-18(25)23-21(29)24(19(17)26)15-9-7-12(2)8-10-15/h3-11,17,22H,1-2H3,(H,27,28)(H,23,25,29)/b16-3+/t17-/m0/s1. The third-order valence-electron chi connectivity index (χ3n) is 4.48. The van der Waals surface area contributed by atoms with Gasteiger partial charge in [0.15, 0.2) is 5.92 Å². The van der Waals surface area contributed by atoms with Crippen LogP contribution < -0.4 is 15.5 Å². The summed E-state index contributed by atoms with van der Waals surface area (Å²) in [4.78, 5) is 49.9. The number of carboxylic acids is 1. The maximum absolute atomic E-state index is 13.1. The number of nitrogens with one attached hydrogen (secondary N) is 2. The van der Waals surface area contributed by atoms with E-state index in [1.54, 1.807) is 49.4 Å². The lowest BCUT2D eigenvalue weighted by Gasteiger charge is -2.31. The lowest BCUT2D eigenvalue weighted by Crippen LogP contribution is -2.59. The summed E-state index contributed by atoms with van der Waals surface area (Å²) in [5.74, 6) is -3.83. The van der Waals surface area contributed by atoms with E-state index in [2.05, 4.69) is 10.6 Å². The van der Waals surface area contributed by atoms with E-state index in [-0.39, 0.29) is 11.3 Å². The first-order valence-corrected chi connectivity index (χ1v) is 8.84. The van der Waals surface area contributed by atoms with Gasteiger partial charge in [-0.3, -0.25) is 14.9 Å². The number of carbonyl (C=O) groups is 4. The molecule has 0 spiro atoms. The quantitative estimate of drug-likeness (QED) is 0.673. The molecule has 1 heterocycles. The molecule has 148 valence electrons. The molecule has 1 saturated heterocycles. The van der Waals surface area contributed by atoms with E-state index in [0.29, 0.717) is 11.4 Å². The normalized spacial score (nSPS) is 17.2. The van der Waals surface area contributed by atoms with E-state index < -0.39 is 29.7 Å². The first kappa shape index (κ1) is 19.8. The van der Waals surface area contributed by atoms with Gasteiger partial charge in [-0.1, -0.05) is 29.8 Å². The average molecular weight is 393 g/mol. The lowest BCUT2D eigenvalue weighted by atomic mass is 9.99. The van der Waals surface area contributed by atoms with Crippen molar-refractivity contribution in [2.24, 2.45) is 5.92 Å². The van der Waals surface area contributed by atoms with Crippen LogP contribution in [0.4, 0.5) is 16.2 Å². The molecule has 1 atom stereocenters. The van der Waals surface area contributed by atoms with Crippen LogP contribution in [0.25, 0.3) is 0 Å². The Morgan fingerprint density at radius 3 is 2.45 bits per heavy atom. The number of imide groups is 2. The van der Waals surface area contributed by atoms with Crippen LogP contribution in [0.2, 0.25) is 0 Å². The molecular weight excluding hydrogens is 374 g/mol. The number of rotatable bonds is 5. The molecule has 3 rings (SSSR count). The summed E-state index contributed by atoms with van der Waals surface area (Å²) in [5.41, 5.74) is 2.00. The summed E-state index contributed by atoms with van der Waals surface area (Å²) in [6, 6.07) is 11.9. The van der Waals surface area contributed by atoms with Gasteiger partial charge in [0.25, 0.3) is 5.91 Å². The minimum atomic E-state index is -1.28. The van der Waals surface area contributed by atoms with Crippen molar-refractivity contribution in [2.75, 3.05) is 10.2 Å². The van der Waals surface area contributed by atoms with Crippen LogP contribution in [0.15, 0.2) is 60.3 Å². The molecule has 0 bridgehead atoms. The number of carboxylic acid groups (broad SMARTS) is 1. The van der Waals surface area contributed by atoms with Crippen molar-refractivity contribution in [1.29, 1.82) is 0 Å². The fourth-order valence-electron chi connectivity index (χ4n) is 3.00. The Balaban J connectivity index is 1.92. The maximum atomic E-state index is 13.1. The zero-order chi connectivity index (χ0) is 21.1. The molecule has 2 aromatic carbocycles. The van der Waals surface area contributed by atoms with Crippen molar-refractivity contribution in [3.63, 3.8) is 0 Å². The van der Waals surface area contributed by atoms with Gasteiger partial charge >= 0.3 is 12.0 Å². The fourth-order valence-corrected chi connectivity index (χ4v) is 3.00. The van der Waals surface area contributed by atoms with Crippen LogP contribution in [-0.4, -0.2) is 28.9 Å². The van der Waals surface area contributed by atoms with E-state index in [4.69, 9.17) is 5.11 Å². The molecule has 1 aliphatic rings. The van der Waals surface area contributed by atoms with Gasteiger partial charge in [-0.25, -0.2) is 14.5 Å². The summed E-state index contributed by atoms with van der Waals surface area (Å²) in [6.45, 7) is 3.51. The van der Waals surface area contributed by atoms with E-state index >= 15 is 0 Å². The molecule has 0 aliphatic carbocycles. The fraction of sp³-hybridized carbons (Fsp3) is 0.143. The number of aromatic carboxylic acids is 1. The highest BCUT2D eigenvalue weighted by Crippen LogP contribution is 2.26. The molecule has 0 unspecified atom stereocenters. The molecule has 0 saturated carbocycles. The molecule has 1 fully saturated rings. The number of allylic oxidation sites excluding steroid dienone is 1. The van der Waals surface area contributed by atoms with Crippen molar-refractivity contribution in [3.05, 3.63) is 71.4 Å². The number of anilines is 2. The largest absolute Gasteiger partial charge is 0.478 e. The number of hydrogen-bond acceptors (Lipinski definition) is 5. The first-order valence-electron chi connectivity index (χ1n) is 8.84. The molecule has 3 N–H and O–H groups in total. The Morgan fingerprint density at radius 1 is 1.14 bits per heavy atom. The van der Waals surface area contributed by atoms with Gasteiger partial charge in [-0.2, -0.15) is 0 Å². The summed E-state index contributed by atoms with van der Waals surface area (Å²) in [5, 5.41) is 14.3. The molecular formula is C21H19N3O5. The molecule has 8 nitrogen and oxygen atoms in total. The van der Waals surface area contributed by atoms with Crippen LogP contribution in [0.5, 0.6) is 0 Å². The molecule has 29 heavy (non-hydrogen) atoms. The van der Waals surface area contributed by atoms with Gasteiger partial charge in [-0.05, 0) is 44.2 Å². The third-order valence-corrected chi connectivity index (χ3v) is 4.48. The number of aryl methyl sites for hydroxylation is 1. The maximum Gasteiger partial charge on any atom is 0.335 e. The van der Waals surface area contributed by atoms with Crippen molar-refractivity contribution in [1.82, 2.24) is 5.32 Å². The second-order valence-corrected chi connectivity index (χ2v) is 6.49. The van der Waals surface area contributed by atoms with E-state index in [1.807, 2.05) is 6.92 Å². The number of barbiturate groups is 1. The Labute approximate surface area is 166 Å². The molecule has 4 amide bonds. The summed E-state index contributed by atoms with van der Waals surface area (Å²) in [7, 11) is 0. The zero-order valence-corrected chi connectivity index (χ0v) is 15.8. The summed E-state index contributed by atoms with van der Waals surface area (Å²) >= 11 is 0. The minimum Gasteiger partial charge on any atom is -0.478 e. The average Bonchev–Trinajstić information content (AvgIpc) is 2.68. The predicted molar refractivity (Wildman–Crippen MR) is 106 cm³/mol. The predicted octanol–water partition coefficient (Wildman–Crippen LogP) is 2.91. The van der Waals surface area contributed by atoms with Gasteiger partial charge in [0.1, 0.15) is 0 Å². The molecule has 2 aromatic rings. The van der Waals surface area contributed by atoms with Gasteiger partial charge in [0.2, 0.25) is 5.91 Å². The highest BCUT2D eigenvalue weighted by molar-refractivity contribution is 6.29. The molecule has 0 aromatic heterocycles. The SMILES string of the molecule is C/C=C(/Nc1cccc(C(=O)O)c1)[C@H]1C(=O)NC(=O)N(c2ccc(C)cc2)C1=O. The Bertz CT molecular complexity index is 1030. The van der Waals surface area contributed by atoms with Crippen LogP contribution >= 0.6 is 0 Å². The Kier molecular flexibility index (Phi) is 5.45. The second kappa shape index (κ2) is 7.97. The van der Waals surface area contributed by atoms with E-state index in [0.717, 1.165) is 10.5 Å². The number of carbonyl (C=O) groups excluding carboxylic acids is 3. The minimum absolute atomic E-state index is 0.0568. The van der Waals surface area contributed by atoms with Gasteiger partial charge in [0.05, 0.1) is 11.3 Å². The Morgan fingerprint density at radius 2 is 1.83 bits per heavy atom. The van der Waals surface area contributed by atoms with Crippen LogP contribution in [0.1, 0.15) is 22.8 Å². The van der Waals surface area contributed by atoms with Crippen LogP contribution in [0.3, 0.4) is 0 Å². The van der Waals surface area contributed by atoms with Crippen molar-refractivity contribution >= 4 is 35.2 Å². The van der Waals surface area contributed by atoms with E-state index in [1.165, 1.54) is 12.1 Å². The van der Waals surface area contributed by atoms with Crippen molar-refractivity contribution in [2.45, 2.75) is 13.8 Å². The number of urea groups is 1. The molecule has 8 heteroatoms. The van der Waals surface area contributed by atoms with Crippen molar-refractivity contribution < 1.29 is 24.3 Å². The zero-order valence-electron chi connectivity index (χ0n) is 15.8. The number of benzene rings is 2. The number of amides is 4. The summed E-state index contributed by atoms with van der Waals surface area (Å²) in [6.07, 6.45) is 1.54. The third kappa shape index (κ3) is 4.01. The highest BCUT2D eigenvalue weighted by Gasteiger charge is 2.43. The van der Waals surface area contributed by atoms with Crippen LogP contribution in [-0.2, 0) is 9.59 Å². The highest BCUT2D eigenvalue weighted by atomic mass is 16.4. The van der Waals surface area contributed by atoms with Gasteiger partial charge < -0.3 is 10.4 Å². The monoisotopic (exact) mass is 393 g/mol. The molecule has 1 aliphatic heterocycles. The van der Waals surface area contributed by atoms with E-state index in [9.17, 15) is 19.2 Å². The van der Waals surface area contributed by atoms with Gasteiger partial charge in [-0.15, -0.1) is 0 Å². The topological polar surface area (TPSA) is 116 Å². The van der Waals surface area contributed by atoms with Crippen molar-refractivity contribution in [3.8, 4) is 0 Å². The van der Waals surface area contributed by atoms with Crippen LogP contribution in [0, 0.1) is 12.8 Å². The molecule has 0 radical (unpaired) electrons. The Hall–Kier alpha value is -3.94. The number of nitrogens with zero attached hydrogens (tertiary/aromatic N) is 1. The number of hydrogen-bond donors (Lipinski definition) is 3. The lowest BCUT2D eigenvalue weighted by molar-refractivity contribution is -0.132.